The van der Waals surface area contributed by atoms with Gasteiger partial charge in [0.1, 0.15) is 12.0 Å². The Morgan fingerprint density at radius 3 is 1.76 bits per heavy atom. The van der Waals surface area contributed by atoms with Crippen molar-refractivity contribution in [1.82, 2.24) is 4.90 Å². The molecule has 3 aromatic carbocycles. The molecule has 0 aliphatic heterocycles. The highest BCUT2D eigenvalue weighted by Gasteiger charge is 2.14. The Balaban J connectivity index is 1.96. The second-order valence-electron chi connectivity index (χ2n) is 6.88. The molecule has 0 fully saturated rings. The Morgan fingerprint density at radius 2 is 1.24 bits per heavy atom. The molecule has 0 radical (unpaired) electrons. The second kappa shape index (κ2) is 10.3. The van der Waals surface area contributed by atoms with E-state index >= 15 is 0 Å². The second-order valence-corrected chi connectivity index (χ2v) is 7.26. The molecule has 0 spiro atoms. The number of halogens is 1. The molecule has 0 N–H and O–H groups in total. The summed E-state index contributed by atoms with van der Waals surface area (Å²) in [5.41, 5.74) is 4.17. The van der Waals surface area contributed by atoms with Gasteiger partial charge in [0.2, 0.25) is 0 Å². The fourth-order valence-corrected chi connectivity index (χ4v) is 3.81. The van der Waals surface area contributed by atoms with Gasteiger partial charge in [-0.2, -0.15) is 0 Å². The summed E-state index contributed by atoms with van der Waals surface area (Å²) >= 11 is 6.89. The van der Waals surface area contributed by atoms with Crippen LogP contribution in [0.5, 0.6) is 5.75 Å². The first kappa shape index (κ1) is 21.2. The summed E-state index contributed by atoms with van der Waals surface area (Å²) in [6.45, 7) is 8.30. The largest absolute Gasteiger partial charge is 0.475 e. The van der Waals surface area contributed by atoms with Crippen LogP contribution in [0.2, 0.25) is 0 Å². The smallest absolute Gasteiger partial charge is 0.149 e. The van der Waals surface area contributed by atoms with Crippen LogP contribution in [0.1, 0.15) is 37.5 Å². The lowest BCUT2D eigenvalue weighted by Gasteiger charge is -2.27. The topological polar surface area (TPSA) is 12.5 Å². The van der Waals surface area contributed by atoms with Crippen molar-refractivity contribution < 1.29 is 4.74 Å². The lowest BCUT2D eigenvalue weighted by atomic mass is 9.95. The zero-order chi connectivity index (χ0) is 20.6. The van der Waals surface area contributed by atoms with Gasteiger partial charge < -0.3 is 4.74 Å². The number of benzene rings is 3. The van der Waals surface area contributed by atoms with Crippen LogP contribution in [0, 0.1) is 0 Å². The maximum absolute atomic E-state index is 6.89. The molecular formula is C26H28ClNO. The monoisotopic (exact) mass is 405 g/mol. The highest BCUT2D eigenvalue weighted by molar-refractivity contribution is 6.53. The molecule has 0 amide bonds. The maximum atomic E-state index is 6.89. The fourth-order valence-electron chi connectivity index (χ4n) is 3.46. The van der Waals surface area contributed by atoms with Gasteiger partial charge in [0.15, 0.2) is 0 Å². The SMILES string of the molecule is CCN(CC)C(C)Oc1ccc(/C(=C(/Cl)c2ccccc2)c2ccccc2)cc1. The Labute approximate surface area is 179 Å². The van der Waals surface area contributed by atoms with Crippen LogP contribution in [0.25, 0.3) is 10.6 Å². The van der Waals surface area contributed by atoms with Crippen LogP contribution >= 0.6 is 11.6 Å². The maximum Gasteiger partial charge on any atom is 0.149 e. The van der Waals surface area contributed by atoms with Gasteiger partial charge in [0.05, 0.1) is 5.03 Å². The Morgan fingerprint density at radius 1 is 0.759 bits per heavy atom. The summed E-state index contributed by atoms with van der Waals surface area (Å²) in [6, 6.07) is 28.6. The van der Waals surface area contributed by atoms with Crippen LogP contribution in [0.4, 0.5) is 0 Å². The van der Waals surface area contributed by atoms with E-state index in [0.29, 0.717) is 0 Å². The van der Waals surface area contributed by atoms with Gasteiger partial charge in [-0.1, -0.05) is 98.2 Å². The molecule has 3 rings (SSSR count). The summed E-state index contributed by atoms with van der Waals surface area (Å²) in [5, 5.41) is 0.738. The molecule has 2 nitrogen and oxygen atoms in total. The molecule has 0 aliphatic rings. The third kappa shape index (κ3) is 5.29. The fraction of sp³-hybridized carbons (Fsp3) is 0.231. The Bertz CT molecular complexity index is 916. The lowest BCUT2D eigenvalue weighted by Crippen LogP contribution is -2.36. The van der Waals surface area contributed by atoms with E-state index in [-0.39, 0.29) is 6.23 Å². The third-order valence-corrected chi connectivity index (χ3v) is 5.49. The summed E-state index contributed by atoms with van der Waals surface area (Å²) in [6.07, 6.45) is 0.0351. The molecule has 0 saturated carbocycles. The average Bonchev–Trinajstić information content (AvgIpc) is 2.77. The van der Waals surface area contributed by atoms with Crippen molar-refractivity contribution in [3.8, 4) is 5.75 Å². The average molecular weight is 406 g/mol. The minimum atomic E-state index is 0.0351. The van der Waals surface area contributed by atoms with Crippen LogP contribution in [-0.2, 0) is 0 Å². The van der Waals surface area contributed by atoms with Crippen LogP contribution in [-0.4, -0.2) is 24.2 Å². The zero-order valence-corrected chi connectivity index (χ0v) is 18.1. The van der Waals surface area contributed by atoms with Gasteiger partial charge in [-0.25, -0.2) is 0 Å². The molecule has 0 heterocycles. The molecule has 0 aromatic heterocycles. The first-order valence-corrected chi connectivity index (χ1v) is 10.5. The summed E-state index contributed by atoms with van der Waals surface area (Å²) in [7, 11) is 0. The lowest BCUT2D eigenvalue weighted by molar-refractivity contribution is 0.0481. The van der Waals surface area contributed by atoms with Gasteiger partial charge in [0.25, 0.3) is 0 Å². The van der Waals surface area contributed by atoms with Gasteiger partial charge in [-0.3, -0.25) is 4.90 Å². The molecule has 1 unspecified atom stereocenters. The molecule has 1 atom stereocenters. The van der Waals surface area contributed by atoms with Crippen molar-refractivity contribution in [3.05, 3.63) is 102 Å². The van der Waals surface area contributed by atoms with E-state index in [1.165, 1.54) is 0 Å². The van der Waals surface area contributed by atoms with Gasteiger partial charge >= 0.3 is 0 Å². The summed E-state index contributed by atoms with van der Waals surface area (Å²) in [5.74, 6) is 0.858. The van der Waals surface area contributed by atoms with E-state index in [2.05, 4.69) is 49.9 Å². The molecule has 0 bridgehead atoms. The highest BCUT2D eigenvalue weighted by atomic mass is 35.5. The van der Waals surface area contributed by atoms with Crippen LogP contribution in [0.3, 0.4) is 0 Å². The van der Waals surface area contributed by atoms with E-state index in [1.807, 2.05) is 60.7 Å². The number of ether oxygens (including phenoxy) is 1. The molecule has 29 heavy (non-hydrogen) atoms. The van der Waals surface area contributed by atoms with E-state index in [0.717, 1.165) is 46.1 Å². The van der Waals surface area contributed by atoms with E-state index in [4.69, 9.17) is 16.3 Å². The first-order chi connectivity index (χ1) is 14.1. The van der Waals surface area contributed by atoms with Gasteiger partial charge in [-0.05, 0) is 48.8 Å². The molecule has 0 aliphatic carbocycles. The zero-order valence-electron chi connectivity index (χ0n) is 17.3. The van der Waals surface area contributed by atoms with Gasteiger partial charge in [0, 0.05) is 5.57 Å². The van der Waals surface area contributed by atoms with E-state index < -0.39 is 0 Å². The Kier molecular flexibility index (Phi) is 7.51. The van der Waals surface area contributed by atoms with Crippen LogP contribution in [0.15, 0.2) is 84.9 Å². The minimum absolute atomic E-state index is 0.0351. The van der Waals surface area contributed by atoms with E-state index in [1.54, 1.807) is 0 Å². The summed E-state index contributed by atoms with van der Waals surface area (Å²) in [4.78, 5) is 2.27. The molecular weight excluding hydrogens is 378 g/mol. The molecule has 150 valence electrons. The molecule has 0 saturated heterocycles. The van der Waals surface area contributed by atoms with Crippen molar-refractivity contribution >= 4 is 22.2 Å². The number of hydrogen-bond acceptors (Lipinski definition) is 2. The van der Waals surface area contributed by atoms with Gasteiger partial charge in [-0.15, -0.1) is 0 Å². The standard InChI is InChI=1S/C26H28ClNO/c1-4-28(5-2)20(3)29-24-18-16-22(17-19-24)25(21-12-8-6-9-13-21)26(27)23-14-10-7-11-15-23/h6-20H,4-5H2,1-3H3/b26-25+. The quantitative estimate of drug-likeness (QED) is 0.298. The predicted molar refractivity (Wildman–Crippen MR) is 124 cm³/mol. The highest BCUT2D eigenvalue weighted by Crippen LogP contribution is 2.35. The van der Waals surface area contributed by atoms with Crippen LogP contribution < -0.4 is 4.74 Å². The third-order valence-electron chi connectivity index (χ3n) is 5.09. The molecule has 3 aromatic rings. The van der Waals surface area contributed by atoms with Crippen molar-refractivity contribution in [2.75, 3.05) is 13.1 Å². The number of nitrogens with zero attached hydrogens (tertiary/aromatic N) is 1. The first-order valence-electron chi connectivity index (χ1n) is 10.2. The number of rotatable bonds is 8. The molecule has 3 heteroatoms. The van der Waals surface area contributed by atoms with E-state index in [9.17, 15) is 0 Å². The predicted octanol–water partition coefficient (Wildman–Crippen LogP) is 6.91. The summed E-state index contributed by atoms with van der Waals surface area (Å²) < 4.78 is 6.12. The minimum Gasteiger partial charge on any atom is -0.475 e. The Hall–Kier alpha value is -2.55. The van der Waals surface area contributed by atoms with Crippen molar-refractivity contribution in [2.45, 2.75) is 27.0 Å². The number of hydrogen-bond donors (Lipinski definition) is 0. The van der Waals surface area contributed by atoms with Crippen molar-refractivity contribution in [1.29, 1.82) is 0 Å². The van der Waals surface area contributed by atoms with Crippen molar-refractivity contribution in [2.24, 2.45) is 0 Å². The normalized spacial score (nSPS) is 13.1. The van der Waals surface area contributed by atoms with Crippen molar-refractivity contribution in [3.63, 3.8) is 0 Å².